The summed E-state index contributed by atoms with van der Waals surface area (Å²) in [5.41, 5.74) is 2.04. The Kier molecular flexibility index (Phi) is 3.92. The highest BCUT2D eigenvalue weighted by molar-refractivity contribution is 6.30. The van der Waals surface area contributed by atoms with E-state index in [0.717, 1.165) is 36.1 Å². The number of morpholine rings is 1. The molecule has 3 nitrogen and oxygen atoms in total. The van der Waals surface area contributed by atoms with Gasteiger partial charge in [-0.2, -0.15) is 0 Å². The van der Waals surface area contributed by atoms with Gasteiger partial charge in [-0.3, -0.25) is 4.90 Å². The molecule has 20 heavy (non-hydrogen) atoms. The van der Waals surface area contributed by atoms with Crippen molar-refractivity contribution in [2.45, 2.75) is 32.6 Å². The Bertz CT molecular complexity index is 606. The van der Waals surface area contributed by atoms with Gasteiger partial charge in [0.05, 0.1) is 17.7 Å². The Hall–Kier alpha value is -1.16. The minimum Gasteiger partial charge on any atom is -0.373 e. The Morgan fingerprint density at radius 2 is 1.95 bits per heavy atom. The van der Waals surface area contributed by atoms with Crippen molar-refractivity contribution in [1.29, 1.82) is 0 Å². The monoisotopic (exact) mass is 290 g/mol. The molecule has 2 aromatic rings. The summed E-state index contributed by atoms with van der Waals surface area (Å²) in [7, 11) is 0. The van der Waals surface area contributed by atoms with Gasteiger partial charge in [-0.1, -0.05) is 29.8 Å². The molecule has 4 heteroatoms. The molecule has 0 amide bonds. The van der Waals surface area contributed by atoms with Crippen LogP contribution in [-0.2, 0) is 11.3 Å². The van der Waals surface area contributed by atoms with Gasteiger partial charge in [0.15, 0.2) is 0 Å². The molecule has 1 aliphatic rings. The summed E-state index contributed by atoms with van der Waals surface area (Å²) in [6.45, 7) is 6.93. The van der Waals surface area contributed by atoms with Gasteiger partial charge >= 0.3 is 0 Å². The molecule has 2 atom stereocenters. The molecular formula is C16H19ClN2O. The largest absolute Gasteiger partial charge is 0.373 e. The van der Waals surface area contributed by atoms with E-state index in [9.17, 15) is 0 Å². The first-order valence-corrected chi connectivity index (χ1v) is 7.41. The molecular weight excluding hydrogens is 272 g/mol. The maximum absolute atomic E-state index is 6.33. The number of benzene rings is 1. The number of pyridine rings is 1. The molecule has 0 saturated carbocycles. The van der Waals surface area contributed by atoms with Gasteiger partial charge in [-0.05, 0) is 26.0 Å². The third-order valence-electron chi connectivity index (χ3n) is 3.64. The highest BCUT2D eigenvalue weighted by atomic mass is 35.5. The molecule has 0 aliphatic carbocycles. The third-order valence-corrected chi connectivity index (χ3v) is 3.97. The second kappa shape index (κ2) is 5.68. The zero-order valence-electron chi connectivity index (χ0n) is 11.8. The Balaban J connectivity index is 1.85. The van der Waals surface area contributed by atoms with Crippen molar-refractivity contribution < 1.29 is 4.74 Å². The van der Waals surface area contributed by atoms with Crippen LogP contribution in [0.4, 0.5) is 0 Å². The molecule has 106 valence electrons. The van der Waals surface area contributed by atoms with Crippen molar-refractivity contribution in [3.63, 3.8) is 0 Å². The first kappa shape index (κ1) is 13.8. The van der Waals surface area contributed by atoms with Crippen molar-refractivity contribution in [3.05, 3.63) is 41.0 Å². The van der Waals surface area contributed by atoms with Crippen molar-refractivity contribution in [2.75, 3.05) is 13.1 Å². The minimum absolute atomic E-state index is 0.269. The Labute approximate surface area is 124 Å². The van der Waals surface area contributed by atoms with E-state index >= 15 is 0 Å². The molecule has 0 spiro atoms. The van der Waals surface area contributed by atoms with E-state index in [-0.39, 0.29) is 12.2 Å². The summed E-state index contributed by atoms with van der Waals surface area (Å²) in [6, 6.07) is 10.2. The van der Waals surface area contributed by atoms with Gasteiger partial charge in [0.25, 0.3) is 0 Å². The first-order valence-electron chi connectivity index (χ1n) is 7.04. The number of nitrogens with zero attached hydrogens (tertiary/aromatic N) is 2. The van der Waals surface area contributed by atoms with E-state index in [1.807, 2.05) is 18.2 Å². The fourth-order valence-electron chi connectivity index (χ4n) is 2.90. The lowest BCUT2D eigenvalue weighted by Gasteiger charge is -2.35. The van der Waals surface area contributed by atoms with E-state index in [0.29, 0.717) is 5.15 Å². The van der Waals surface area contributed by atoms with Gasteiger partial charge < -0.3 is 4.74 Å². The maximum atomic E-state index is 6.33. The van der Waals surface area contributed by atoms with Gasteiger partial charge in [-0.25, -0.2) is 4.98 Å². The molecule has 0 unspecified atom stereocenters. The summed E-state index contributed by atoms with van der Waals surface area (Å²) >= 11 is 6.33. The molecule has 0 bridgehead atoms. The van der Waals surface area contributed by atoms with Crippen LogP contribution >= 0.6 is 11.6 Å². The zero-order chi connectivity index (χ0) is 14.1. The van der Waals surface area contributed by atoms with Gasteiger partial charge in [0.2, 0.25) is 0 Å². The average Bonchev–Trinajstić information content (AvgIpc) is 2.38. The summed E-state index contributed by atoms with van der Waals surface area (Å²) in [5.74, 6) is 0. The lowest BCUT2D eigenvalue weighted by molar-refractivity contribution is -0.0704. The second-order valence-corrected chi connectivity index (χ2v) is 5.94. The van der Waals surface area contributed by atoms with Crippen molar-refractivity contribution in [2.24, 2.45) is 0 Å². The van der Waals surface area contributed by atoms with Crippen LogP contribution in [0, 0.1) is 0 Å². The smallest absolute Gasteiger partial charge is 0.134 e. The summed E-state index contributed by atoms with van der Waals surface area (Å²) in [5, 5.41) is 1.75. The van der Waals surface area contributed by atoms with E-state index in [4.69, 9.17) is 16.3 Å². The van der Waals surface area contributed by atoms with E-state index in [2.05, 4.69) is 35.9 Å². The number of rotatable bonds is 2. The van der Waals surface area contributed by atoms with Crippen LogP contribution in [0.2, 0.25) is 5.15 Å². The van der Waals surface area contributed by atoms with Crippen LogP contribution in [0.3, 0.4) is 0 Å². The number of ether oxygens (including phenoxy) is 1. The maximum Gasteiger partial charge on any atom is 0.134 e. The van der Waals surface area contributed by atoms with Crippen molar-refractivity contribution in [1.82, 2.24) is 9.88 Å². The van der Waals surface area contributed by atoms with E-state index in [1.165, 1.54) is 0 Å². The van der Waals surface area contributed by atoms with Crippen LogP contribution in [0.15, 0.2) is 30.3 Å². The third kappa shape index (κ3) is 2.95. The summed E-state index contributed by atoms with van der Waals surface area (Å²) in [6.07, 6.45) is 0.539. The topological polar surface area (TPSA) is 25.4 Å². The first-order chi connectivity index (χ1) is 9.61. The molecule has 1 fully saturated rings. The second-order valence-electron chi connectivity index (χ2n) is 5.58. The van der Waals surface area contributed by atoms with E-state index in [1.54, 1.807) is 0 Å². The molecule has 0 N–H and O–H groups in total. The van der Waals surface area contributed by atoms with Gasteiger partial charge in [0.1, 0.15) is 5.15 Å². The quantitative estimate of drug-likeness (QED) is 0.792. The normalized spacial score (nSPS) is 24.1. The van der Waals surface area contributed by atoms with Gasteiger partial charge in [-0.15, -0.1) is 0 Å². The molecule has 2 heterocycles. The highest BCUT2D eigenvalue weighted by Crippen LogP contribution is 2.23. The summed E-state index contributed by atoms with van der Waals surface area (Å²) < 4.78 is 5.76. The predicted octanol–water partition coefficient (Wildman–Crippen LogP) is 3.50. The molecule has 0 radical (unpaired) electrons. The predicted molar refractivity (Wildman–Crippen MR) is 82.0 cm³/mol. The van der Waals surface area contributed by atoms with Crippen LogP contribution in [0.5, 0.6) is 0 Å². The van der Waals surface area contributed by atoms with Gasteiger partial charge in [0, 0.05) is 30.6 Å². The number of fused-ring (bicyclic) bond motifs is 1. The lowest BCUT2D eigenvalue weighted by atomic mass is 10.1. The number of hydrogen-bond acceptors (Lipinski definition) is 3. The molecule has 1 aliphatic heterocycles. The summed E-state index contributed by atoms with van der Waals surface area (Å²) in [4.78, 5) is 6.87. The van der Waals surface area contributed by atoms with Crippen LogP contribution < -0.4 is 0 Å². The highest BCUT2D eigenvalue weighted by Gasteiger charge is 2.22. The standard InChI is InChI=1S/C16H19ClN2O/c1-11-8-19(9-12(2)20-11)10-14-7-13-5-3-4-6-15(13)18-16(14)17/h3-7,11-12H,8-10H2,1-2H3/t11-,12-/m1/s1. The van der Waals surface area contributed by atoms with E-state index < -0.39 is 0 Å². The van der Waals surface area contributed by atoms with Crippen molar-refractivity contribution >= 4 is 22.5 Å². The number of hydrogen-bond donors (Lipinski definition) is 0. The molecule has 1 aromatic heterocycles. The minimum atomic E-state index is 0.269. The number of halogens is 1. The SMILES string of the molecule is C[C@@H]1CN(Cc2cc3ccccc3nc2Cl)C[C@@H](C)O1. The lowest BCUT2D eigenvalue weighted by Crippen LogP contribution is -2.44. The Morgan fingerprint density at radius 3 is 2.70 bits per heavy atom. The van der Waals surface area contributed by atoms with Crippen LogP contribution in [0.25, 0.3) is 10.9 Å². The number of para-hydroxylation sites is 1. The Morgan fingerprint density at radius 1 is 1.25 bits per heavy atom. The average molecular weight is 291 g/mol. The zero-order valence-corrected chi connectivity index (χ0v) is 12.6. The molecule has 1 saturated heterocycles. The molecule has 3 rings (SSSR count). The van der Waals surface area contributed by atoms with Crippen molar-refractivity contribution in [3.8, 4) is 0 Å². The number of aromatic nitrogens is 1. The van der Waals surface area contributed by atoms with Crippen LogP contribution in [0.1, 0.15) is 19.4 Å². The fraction of sp³-hybridized carbons (Fsp3) is 0.438. The fourth-order valence-corrected chi connectivity index (χ4v) is 3.11. The van der Waals surface area contributed by atoms with Crippen LogP contribution in [-0.4, -0.2) is 35.2 Å². The molecule has 1 aromatic carbocycles.